The Morgan fingerprint density at radius 2 is 2.05 bits per heavy atom. The molecule has 0 aromatic carbocycles. The SMILES string of the molecule is CC(C)(C)OC(=O)N[C@@H]1C[C@H]2CN(C3=NCCS3)C[C@@]2(C(=O)N2CCc3ncc(C(F)(F)F)cc3C2)C1. The number of ether oxygens (including phenoxy) is 1. The number of alkyl halides is 3. The predicted molar refractivity (Wildman–Crippen MR) is 133 cm³/mol. The highest BCUT2D eigenvalue weighted by molar-refractivity contribution is 8.14. The van der Waals surface area contributed by atoms with Crippen LogP contribution in [-0.4, -0.2) is 75.5 Å². The van der Waals surface area contributed by atoms with E-state index >= 15 is 0 Å². The monoisotopic (exact) mass is 539 g/mol. The molecular formula is C25H32F3N5O3S. The standard InChI is InChI=1S/C25H32F3N5O3S/c1-23(2,3)36-22(35)31-18-9-17-13-33(21-29-5-7-37-21)14-24(17,10-18)20(34)32-6-4-19-15(12-32)8-16(11-30-19)25(26,27)28/h8,11,17-18H,4-7,9-10,12-14H2,1-3H3,(H,31,35)/t17-,18+,24-/m0/s1. The van der Waals surface area contributed by atoms with Crippen molar-refractivity contribution in [2.24, 2.45) is 16.3 Å². The zero-order valence-electron chi connectivity index (χ0n) is 21.2. The molecule has 1 saturated carbocycles. The lowest BCUT2D eigenvalue weighted by Gasteiger charge is -2.37. The molecule has 0 spiro atoms. The number of alkyl carbamates (subject to hydrolysis) is 1. The largest absolute Gasteiger partial charge is 0.444 e. The molecule has 1 aromatic heterocycles. The summed E-state index contributed by atoms with van der Waals surface area (Å²) in [6.07, 6.45) is -2.64. The minimum atomic E-state index is -4.49. The Bertz CT molecular complexity index is 1120. The van der Waals surface area contributed by atoms with Gasteiger partial charge in [-0.15, -0.1) is 0 Å². The number of likely N-dealkylation sites (tertiary alicyclic amines) is 1. The zero-order chi connectivity index (χ0) is 26.6. The van der Waals surface area contributed by atoms with Gasteiger partial charge in [-0.2, -0.15) is 13.2 Å². The van der Waals surface area contributed by atoms with Crippen molar-refractivity contribution in [1.82, 2.24) is 20.1 Å². The third kappa shape index (κ3) is 5.26. The van der Waals surface area contributed by atoms with Crippen molar-refractivity contribution in [2.75, 3.05) is 31.9 Å². The summed E-state index contributed by atoms with van der Waals surface area (Å²) >= 11 is 1.68. The van der Waals surface area contributed by atoms with Crippen LogP contribution in [-0.2, 0) is 28.7 Å². The van der Waals surface area contributed by atoms with E-state index < -0.39 is 28.8 Å². The molecule has 37 heavy (non-hydrogen) atoms. The molecule has 1 aliphatic carbocycles. The van der Waals surface area contributed by atoms with Crippen LogP contribution in [0.25, 0.3) is 0 Å². The number of pyridine rings is 1. The highest BCUT2D eigenvalue weighted by Gasteiger charge is 2.59. The summed E-state index contributed by atoms with van der Waals surface area (Å²) < 4.78 is 45.3. The lowest BCUT2D eigenvalue weighted by Crippen LogP contribution is -2.49. The van der Waals surface area contributed by atoms with Gasteiger partial charge in [-0.1, -0.05) is 11.8 Å². The van der Waals surface area contributed by atoms with Crippen LogP contribution in [0.5, 0.6) is 0 Å². The van der Waals surface area contributed by atoms with Gasteiger partial charge in [-0.05, 0) is 51.2 Å². The third-order valence-electron chi connectivity index (χ3n) is 7.52. The number of nitrogens with zero attached hydrogens (tertiary/aromatic N) is 4. The summed E-state index contributed by atoms with van der Waals surface area (Å²) in [5.74, 6) is 0.836. The van der Waals surface area contributed by atoms with Gasteiger partial charge in [0, 0.05) is 56.3 Å². The second kappa shape index (κ2) is 9.36. The van der Waals surface area contributed by atoms with Crippen molar-refractivity contribution in [1.29, 1.82) is 0 Å². The summed E-state index contributed by atoms with van der Waals surface area (Å²) in [5, 5.41) is 3.90. The molecule has 4 heterocycles. The van der Waals surface area contributed by atoms with E-state index in [2.05, 4.69) is 20.2 Å². The van der Waals surface area contributed by atoms with E-state index in [1.165, 1.54) is 0 Å². The van der Waals surface area contributed by atoms with E-state index in [0.717, 1.165) is 29.7 Å². The summed E-state index contributed by atoms with van der Waals surface area (Å²) in [7, 11) is 0. The first-order valence-electron chi connectivity index (χ1n) is 12.6. The Kier molecular flexibility index (Phi) is 6.60. The molecule has 0 unspecified atom stereocenters. The average Bonchev–Trinajstić information content (AvgIpc) is 3.51. The first-order chi connectivity index (χ1) is 17.3. The van der Waals surface area contributed by atoms with Crippen LogP contribution in [0.3, 0.4) is 0 Å². The number of aliphatic imine (C=N–C) groups is 1. The van der Waals surface area contributed by atoms with Crippen LogP contribution < -0.4 is 5.32 Å². The van der Waals surface area contributed by atoms with Gasteiger partial charge in [-0.25, -0.2) is 4.79 Å². The van der Waals surface area contributed by atoms with Crippen molar-refractivity contribution in [2.45, 2.75) is 64.4 Å². The highest BCUT2D eigenvalue weighted by atomic mass is 32.2. The molecular weight excluding hydrogens is 507 g/mol. The number of fused-ring (bicyclic) bond motifs is 2. The van der Waals surface area contributed by atoms with Crippen LogP contribution in [0.4, 0.5) is 18.0 Å². The molecule has 2 fully saturated rings. The minimum Gasteiger partial charge on any atom is -0.444 e. The molecule has 1 saturated heterocycles. The van der Waals surface area contributed by atoms with Gasteiger partial charge >= 0.3 is 12.3 Å². The van der Waals surface area contributed by atoms with Gasteiger partial charge < -0.3 is 19.9 Å². The third-order valence-corrected chi connectivity index (χ3v) is 8.55. The number of carbonyl (C=O) groups excluding carboxylic acids is 2. The van der Waals surface area contributed by atoms with Crippen LogP contribution >= 0.6 is 11.8 Å². The smallest absolute Gasteiger partial charge is 0.417 e. The molecule has 8 nitrogen and oxygen atoms in total. The van der Waals surface area contributed by atoms with E-state index in [1.54, 1.807) is 37.4 Å². The number of nitrogens with one attached hydrogen (secondary N) is 1. The number of halogens is 3. The van der Waals surface area contributed by atoms with Gasteiger partial charge in [-0.3, -0.25) is 14.8 Å². The highest BCUT2D eigenvalue weighted by Crippen LogP contribution is 2.51. The maximum atomic E-state index is 14.2. The number of aromatic nitrogens is 1. The maximum Gasteiger partial charge on any atom is 0.417 e. The Hall–Kier alpha value is -2.50. The molecule has 0 radical (unpaired) electrons. The number of amidine groups is 1. The van der Waals surface area contributed by atoms with E-state index in [0.29, 0.717) is 50.2 Å². The summed E-state index contributed by atoms with van der Waals surface area (Å²) in [4.78, 5) is 39.1. The fourth-order valence-electron chi connectivity index (χ4n) is 6.02. The Balaban J connectivity index is 1.37. The van der Waals surface area contributed by atoms with Gasteiger partial charge in [0.05, 0.1) is 17.5 Å². The summed E-state index contributed by atoms with van der Waals surface area (Å²) in [6.45, 7) is 7.79. The number of amides is 2. The van der Waals surface area contributed by atoms with Crippen molar-refractivity contribution in [3.05, 3.63) is 29.1 Å². The van der Waals surface area contributed by atoms with Crippen LogP contribution in [0.15, 0.2) is 17.3 Å². The lowest BCUT2D eigenvalue weighted by molar-refractivity contribution is -0.143. The van der Waals surface area contributed by atoms with E-state index in [9.17, 15) is 22.8 Å². The first-order valence-corrected chi connectivity index (χ1v) is 13.6. The fraction of sp³-hybridized carbons (Fsp3) is 0.680. The predicted octanol–water partition coefficient (Wildman–Crippen LogP) is 3.69. The summed E-state index contributed by atoms with van der Waals surface area (Å²) in [5.41, 5.74) is -1.15. The van der Waals surface area contributed by atoms with Crippen LogP contribution in [0.1, 0.15) is 50.4 Å². The number of hydrogen-bond acceptors (Lipinski definition) is 7. The molecule has 3 atom stereocenters. The van der Waals surface area contributed by atoms with Crippen molar-refractivity contribution in [3.8, 4) is 0 Å². The van der Waals surface area contributed by atoms with Crippen molar-refractivity contribution < 1.29 is 27.5 Å². The number of hydrogen-bond donors (Lipinski definition) is 1. The Morgan fingerprint density at radius 1 is 1.27 bits per heavy atom. The Morgan fingerprint density at radius 3 is 2.73 bits per heavy atom. The maximum absolute atomic E-state index is 14.2. The van der Waals surface area contributed by atoms with Crippen LogP contribution in [0.2, 0.25) is 0 Å². The number of carbonyl (C=O) groups is 2. The normalized spacial score (nSPS) is 27.6. The molecule has 202 valence electrons. The summed E-state index contributed by atoms with van der Waals surface area (Å²) in [6, 6.07) is 0.892. The zero-order valence-corrected chi connectivity index (χ0v) is 22.0. The van der Waals surface area contributed by atoms with E-state index in [4.69, 9.17) is 4.74 Å². The molecule has 2 amide bonds. The molecule has 1 aromatic rings. The van der Waals surface area contributed by atoms with Gasteiger partial charge in [0.25, 0.3) is 0 Å². The lowest BCUT2D eigenvalue weighted by atomic mass is 9.78. The van der Waals surface area contributed by atoms with Crippen molar-refractivity contribution >= 4 is 28.9 Å². The molecule has 12 heteroatoms. The minimum absolute atomic E-state index is 0.00938. The molecule has 5 rings (SSSR count). The number of thioether (sulfide) groups is 1. The molecule has 3 aliphatic heterocycles. The van der Waals surface area contributed by atoms with Crippen LogP contribution in [0, 0.1) is 11.3 Å². The second-order valence-electron chi connectivity index (χ2n) is 11.3. The first kappa shape index (κ1) is 26.1. The van der Waals surface area contributed by atoms with Gasteiger partial charge in [0.1, 0.15) is 5.60 Å². The van der Waals surface area contributed by atoms with E-state index in [-0.39, 0.29) is 24.4 Å². The van der Waals surface area contributed by atoms with Gasteiger partial charge in [0.15, 0.2) is 5.17 Å². The quantitative estimate of drug-likeness (QED) is 0.617. The molecule has 1 N–H and O–H groups in total. The van der Waals surface area contributed by atoms with Crippen molar-refractivity contribution in [3.63, 3.8) is 0 Å². The molecule has 4 aliphatic rings. The average molecular weight is 540 g/mol. The van der Waals surface area contributed by atoms with Gasteiger partial charge in [0.2, 0.25) is 5.91 Å². The Labute approximate surface area is 218 Å². The number of rotatable bonds is 2. The van der Waals surface area contributed by atoms with E-state index in [1.807, 2.05) is 0 Å². The topological polar surface area (TPSA) is 87.1 Å². The molecule has 0 bridgehead atoms. The second-order valence-corrected chi connectivity index (χ2v) is 12.4. The fourth-order valence-corrected chi connectivity index (χ4v) is 6.89.